The molecule has 1 aliphatic rings. The second kappa shape index (κ2) is 5.19. The summed E-state index contributed by atoms with van der Waals surface area (Å²) < 4.78 is 40.5. The third-order valence-electron chi connectivity index (χ3n) is 3.14. The van der Waals surface area contributed by atoms with Crippen LogP contribution < -0.4 is 0 Å². The lowest BCUT2D eigenvalue weighted by atomic mass is 9.80. The molecule has 0 bridgehead atoms. The van der Waals surface area contributed by atoms with Gasteiger partial charge in [0, 0.05) is 0 Å². The van der Waals surface area contributed by atoms with Crippen molar-refractivity contribution in [2.45, 2.75) is 51.8 Å². The highest BCUT2D eigenvalue weighted by Crippen LogP contribution is 2.31. The topological polar surface area (TPSA) is 9.23 Å². The molecule has 15 heavy (non-hydrogen) atoms. The zero-order valence-corrected chi connectivity index (χ0v) is 9.31. The van der Waals surface area contributed by atoms with Crippen molar-refractivity contribution in [3.63, 3.8) is 0 Å². The predicted molar refractivity (Wildman–Crippen MR) is 52.6 cm³/mol. The van der Waals surface area contributed by atoms with Crippen LogP contribution in [0.4, 0.5) is 13.2 Å². The van der Waals surface area contributed by atoms with E-state index in [4.69, 9.17) is 4.74 Å². The second-order valence-corrected chi connectivity index (χ2v) is 4.71. The molecule has 1 rings (SSSR count). The number of ether oxygens (including phenoxy) is 1. The summed E-state index contributed by atoms with van der Waals surface area (Å²) in [5, 5.41) is 0. The zero-order chi connectivity index (χ0) is 11.5. The summed E-state index contributed by atoms with van der Waals surface area (Å²) >= 11 is 0. The molecule has 0 aliphatic heterocycles. The van der Waals surface area contributed by atoms with E-state index < -0.39 is 12.8 Å². The molecule has 1 fully saturated rings. The molecule has 0 heterocycles. The molecule has 0 aromatic carbocycles. The average Bonchev–Trinajstić information content (AvgIpc) is 2.14. The van der Waals surface area contributed by atoms with Crippen molar-refractivity contribution in [1.29, 1.82) is 0 Å². The van der Waals surface area contributed by atoms with E-state index in [1.165, 1.54) is 0 Å². The lowest BCUT2D eigenvalue weighted by Gasteiger charge is -2.30. The van der Waals surface area contributed by atoms with Crippen molar-refractivity contribution in [3.05, 3.63) is 0 Å². The van der Waals surface area contributed by atoms with Gasteiger partial charge >= 0.3 is 6.18 Å². The number of halogens is 3. The maximum atomic E-state index is 11.9. The highest BCUT2D eigenvalue weighted by molar-refractivity contribution is 4.75. The van der Waals surface area contributed by atoms with Gasteiger partial charge in [-0.25, -0.2) is 0 Å². The van der Waals surface area contributed by atoms with Gasteiger partial charge in [0.25, 0.3) is 0 Å². The Labute approximate surface area is 89.0 Å². The molecular weight excluding hydrogens is 205 g/mol. The second-order valence-electron chi connectivity index (χ2n) is 4.71. The first-order chi connectivity index (χ1) is 6.88. The first-order valence-electron chi connectivity index (χ1n) is 5.57. The highest BCUT2D eigenvalue weighted by atomic mass is 19.4. The van der Waals surface area contributed by atoms with Crippen LogP contribution in [0, 0.1) is 11.8 Å². The molecule has 0 aromatic rings. The van der Waals surface area contributed by atoms with E-state index in [2.05, 4.69) is 13.8 Å². The van der Waals surface area contributed by atoms with Gasteiger partial charge in [-0.1, -0.05) is 13.8 Å². The van der Waals surface area contributed by atoms with Gasteiger partial charge in [-0.15, -0.1) is 0 Å². The average molecular weight is 224 g/mol. The molecular formula is C11H19F3O. The van der Waals surface area contributed by atoms with Gasteiger partial charge < -0.3 is 4.74 Å². The molecule has 1 saturated carbocycles. The SMILES string of the molecule is CC(C)C1CCC(OCC(F)(F)F)CC1. The number of alkyl halides is 3. The molecule has 0 N–H and O–H groups in total. The Morgan fingerprint density at radius 3 is 2.07 bits per heavy atom. The van der Waals surface area contributed by atoms with E-state index in [1.807, 2.05) is 0 Å². The Kier molecular flexibility index (Phi) is 4.44. The van der Waals surface area contributed by atoms with Crippen LogP contribution >= 0.6 is 0 Å². The van der Waals surface area contributed by atoms with Gasteiger partial charge in [0.2, 0.25) is 0 Å². The van der Waals surface area contributed by atoms with Crippen LogP contribution in [0.15, 0.2) is 0 Å². The Bertz CT molecular complexity index is 181. The lowest BCUT2D eigenvalue weighted by Crippen LogP contribution is -2.28. The van der Waals surface area contributed by atoms with Crippen LogP contribution in [0.3, 0.4) is 0 Å². The van der Waals surface area contributed by atoms with E-state index in [1.54, 1.807) is 0 Å². The molecule has 0 radical (unpaired) electrons. The smallest absolute Gasteiger partial charge is 0.369 e. The first kappa shape index (κ1) is 12.8. The Hall–Kier alpha value is -0.250. The highest BCUT2D eigenvalue weighted by Gasteiger charge is 2.31. The molecule has 4 heteroatoms. The minimum Gasteiger partial charge on any atom is -0.369 e. The standard InChI is InChI=1S/C11H19F3O/c1-8(2)9-3-5-10(6-4-9)15-7-11(12,13)14/h8-10H,3-7H2,1-2H3. The first-order valence-corrected chi connectivity index (χ1v) is 5.57. The molecule has 1 nitrogen and oxygen atoms in total. The monoisotopic (exact) mass is 224 g/mol. The molecule has 0 saturated heterocycles. The lowest BCUT2D eigenvalue weighted by molar-refractivity contribution is -0.188. The van der Waals surface area contributed by atoms with E-state index in [9.17, 15) is 13.2 Å². The Morgan fingerprint density at radius 2 is 1.67 bits per heavy atom. The summed E-state index contributed by atoms with van der Waals surface area (Å²) in [5.74, 6) is 1.30. The predicted octanol–water partition coefficient (Wildman–Crippen LogP) is 3.78. The maximum absolute atomic E-state index is 11.9. The molecule has 0 unspecified atom stereocenters. The summed E-state index contributed by atoms with van der Waals surface area (Å²) in [7, 11) is 0. The number of hydrogen-bond acceptors (Lipinski definition) is 1. The molecule has 0 spiro atoms. The maximum Gasteiger partial charge on any atom is 0.411 e. The van der Waals surface area contributed by atoms with Gasteiger partial charge in [0.05, 0.1) is 6.10 Å². The normalized spacial score (nSPS) is 28.4. The minimum atomic E-state index is -4.19. The molecule has 0 amide bonds. The fourth-order valence-electron chi connectivity index (χ4n) is 2.13. The van der Waals surface area contributed by atoms with Gasteiger partial charge in [-0.2, -0.15) is 13.2 Å². The molecule has 0 atom stereocenters. The summed E-state index contributed by atoms with van der Waals surface area (Å²) in [4.78, 5) is 0. The van der Waals surface area contributed by atoms with Gasteiger partial charge in [0.15, 0.2) is 0 Å². The van der Waals surface area contributed by atoms with E-state index >= 15 is 0 Å². The third kappa shape index (κ3) is 4.87. The van der Waals surface area contributed by atoms with Crippen molar-refractivity contribution < 1.29 is 17.9 Å². The van der Waals surface area contributed by atoms with Crippen LogP contribution in [-0.4, -0.2) is 18.9 Å². The third-order valence-corrected chi connectivity index (χ3v) is 3.14. The summed E-state index contributed by atoms with van der Waals surface area (Å²) in [6, 6.07) is 0. The van der Waals surface area contributed by atoms with Crippen molar-refractivity contribution in [2.75, 3.05) is 6.61 Å². The van der Waals surface area contributed by atoms with Crippen molar-refractivity contribution in [3.8, 4) is 0 Å². The van der Waals surface area contributed by atoms with E-state index in [0.717, 1.165) is 25.7 Å². The van der Waals surface area contributed by atoms with Crippen LogP contribution in [0.1, 0.15) is 39.5 Å². The summed E-state index contributed by atoms with van der Waals surface area (Å²) in [5.41, 5.74) is 0. The van der Waals surface area contributed by atoms with Gasteiger partial charge in [0.1, 0.15) is 6.61 Å². The van der Waals surface area contributed by atoms with Crippen molar-refractivity contribution in [2.24, 2.45) is 11.8 Å². The van der Waals surface area contributed by atoms with Gasteiger partial charge in [-0.3, -0.25) is 0 Å². The van der Waals surface area contributed by atoms with Crippen molar-refractivity contribution in [1.82, 2.24) is 0 Å². The van der Waals surface area contributed by atoms with Crippen molar-refractivity contribution >= 4 is 0 Å². The quantitative estimate of drug-likeness (QED) is 0.708. The largest absolute Gasteiger partial charge is 0.411 e. The van der Waals surface area contributed by atoms with Crippen LogP contribution in [0.5, 0.6) is 0 Å². The number of rotatable bonds is 3. The fourth-order valence-corrected chi connectivity index (χ4v) is 2.13. The summed E-state index contributed by atoms with van der Waals surface area (Å²) in [6.07, 6.45) is -0.811. The van der Waals surface area contributed by atoms with Gasteiger partial charge in [-0.05, 0) is 37.5 Å². The number of hydrogen-bond donors (Lipinski definition) is 0. The summed E-state index contributed by atoms with van der Waals surface area (Å²) in [6.45, 7) is 3.24. The van der Waals surface area contributed by atoms with Crippen LogP contribution in [0.2, 0.25) is 0 Å². The molecule has 90 valence electrons. The van der Waals surface area contributed by atoms with Crippen LogP contribution in [0.25, 0.3) is 0 Å². The van der Waals surface area contributed by atoms with Crippen LogP contribution in [-0.2, 0) is 4.74 Å². The fraction of sp³-hybridized carbons (Fsp3) is 1.00. The Balaban J connectivity index is 2.20. The Morgan fingerprint density at radius 1 is 1.13 bits per heavy atom. The molecule has 1 aliphatic carbocycles. The molecule has 0 aromatic heterocycles. The minimum absolute atomic E-state index is 0.179. The van der Waals surface area contributed by atoms with E-state index in [-0.39, 0.29) is 6.10 Å². The zero-order valence-electron chi connectivity index (χ0n) is 9.31. The van der Waals surface area contributed by atoms with E-state index in [0.29, 0.717) is 11.8 Å².